The van der Waals surface area contributed by atoms with E-state index in [2.05, 4.69) is 10.4 Å². The molecule has 0 saturated heterocycles. The van der Waals surface area contributed by atoms with Crippen molar-refractivity contribution in [1.29, 1.82) is 0 Å². The molecule has 0 aliphatic heterocycles. The van der Waals surface area contributed by atoms with Crippen LogP contribution >= 0.6 is 0 Å². The quantitative estimate of drug-likeness (QED) is 0.796. The molecule has 4 heteroatoms. The third-order valence-corrected chi connectivity index (χ3v) is 3.16. The maximum Gasteiger partial charge on any atom is 0.273 e. The van der Waals surface area contributed by atoms with Crippen molar-refractivity contribution in [2.24, 2.45) is 0 Å². The summed E-state index contributed by atoms with van der Waals surface area (Å²) in [6.45, 7) is 0.575. The van der Waals surface area contributed by atoms with E-state index in [1.807, 2.05) is 60.7 Å². The summed E-state index contributed by atoms with van der Waals surface area (Å²) in [5, 5.41) is 7.10. The average molecular weight is 277 g/mol. The van der Waals surface area contributed by atoms with Crippen molar-refractivity contribution < 1.29 is 4.79 Å². The molecular formula is C17H15N3O. The number of nitrogens with zero attached hydrogens (tertiary/aromatic N) is 2. The van der Waals surface area contributed by atoms with E-state index in [0.29, 0.717) is 12.2 Å². The molecule has 2 aromatic carbocycles. The minimum atomic E-state index is -0.158. The number of hydrogen-bond donors (Lipinski definition) is 1. The fourth-order valence-electron chi connectivity index (χ4n) is 2.12. The molecule has 0 spiro atoms. The molecule has 0 radical (unpaired) electrons. The van der Waals surface area contributed by atoms with E-state index >= 15 is 0 Å². The van der Waals surface area contributed by atoms with Gasteiger partial charge in [-0.2, -0.15) is 5.10 Å². The van der Waals surface area contributed by atoms with Gasteiger partial charge in [0.05, 0.1) is 6.54 Å². The molecule has 0 atom stereocenters. The molecular weight excluding hydrogens is 262 g/mol. The third kappa shape index (κ3) is 3.17. The van der Waals surface area contributed by atoms with Crippen LogP contribution < -0.4 is 5.32 Å². The van der Waals surface area contributed by atoms with Crippen LogP contribution in [0.2, 0.25) is 0 Å². The average Bonchev–Trinajstić information content (AvgIpc) is 2.97. The van der Waals surface area contributed by atoms with Crippen molar-refractivity contribution in [3.8, 4) is 0 Å². The largest absolute Gasteiger partial charge is 0.321 e. The van der Waals surface area contributed by atoms with Gasteiger partial charge in [0.15, 0.2) is 0 Å². The summed E-state index contributed by atoms with van der Waals surface area (Å²) in [7, 11) is 0. The number of hydrogen-bond acceptors (Lipinski definition) is 2. The summed E-state index contributed by atoms with van der Waals surface area (Å²) in [4.78, 5) is 12.3. The lowest BCUT2D eigenvalue weighted by molar-refractivity contribution is 0.101. The summed E-state index contributed by atoms with van der Waals surface area (Å²) in [5.74, 6) is -0.158. The fraction of sp³-hybridized carbons (Fsp3) is 0.0588. The summed E-state index contributed by atoms with van der Waals surface area (Å²) in [5.41, 5.74) is 2.42. The lowest BCUT2D eigenvalue weighted by Crippen LogP contribution is -2.18. The van der Waals surface area contributed by atoms with Crippen LogP contribution in [0.4, 0.5) is 5.69 Å². The molecule has 104 valence electrons. The molecule has 21 heavy (non-hydrogen) atoms. The number of aromatic nitrogens is 2. The van der Waals surface area contributed by atoms with Gasteiger partial charge in [0.25, 0.3) is 5.91 Å². The summed E-state index contributed by atoms with van der Waals surface area (Å²) >= 11 is 0. The molecule has 0 aliphatic rings. The number of nitrogens with one attached hydrogen (secondary N) is 1. The predicted octanol–water partition coefficient (Wildman–Crippen LogP) is 3.18. The molecule has 1 heterocycles. The molecule has 4 nitrogen and oxygen atoms in total. The molecule has 0 unspecified atom stereocenters. The normalized spacial score (nSPS) is 10.3. The van der Waals surface area contributed by atoms with Gasteiger partial charge >= 0.3 is 0 Å². The number of amides is 1. The summed E-state index contributed by atoms with van der Waals surface area (Å²) in [6.07, 6.45) is 1.64. The van der Waals surface area contributed by atoms with E-state index in [0.717, 1.165) is 11.3 Å². The van der Waals surface area contributed by atoms with E-state index in [1.165, 1.54) is 0 Å². The zero-order chi connectivity index (χ0) is 14.5. The van der Waals surface area contributed by atoms with Crippen molar-refractivity contribution in [3.05, 3.63) is 84.2 Å². The van der Waals surface area contributed by atoms with Crippen LogP contribution in [-0.2, 0) is 6.54 Å². The number of carbonyl (C=O) groups is 1. The van der Waals surface area contributed by atoms with E-state index in [-0.39, 0.29) is 5.91 Å². The monoisotopic (exact) mass is 277 g/mol. The first kappa shape index (κ1) is 13.1. The van der Waals surface area contributed by atoms with Crippen molar-refractivity contribution in [2.45, 2.75) is 6.54 Å². The first-order valence-corrected chi connectivity index (χ1v) is 6.75. The smallest absolute Gasteiger partial charge is 0.273 e. The van der Waals surface area contributed by atoms with Crippen molar-refractivity contribution in [2.75, 3.05) is 5.32 Å². The second-order valence-electron chi connectivity index (χ2n) is 4.68. The summed E-state index contributed by atoms with van der Waals surface area (Å²) in [6, 6.07) is 21.1. The Balaban J connectivity index is 1.77. The van der Waals surface area contributed by atoms with Crippen molar-refractivity contribution >= 4 is 11.6 Å². The topological polar surface area (TPSA) is 46.9 Å². The van der Waals surface area contributed by atoms with Crippen LogP contribution in [0.15, 0.2) is 72.9 Å². The molecule has 0 saturated carbocycles. The Kier molecular flexibility index (Phi) is 3.78. The maximum absolute atomic E-state index is 12.3. The zero-order valence-corrected chi connectivity index (χ0v) is 11.4. The SMILES string of the molecule is O=C(Nc1ccccc1)c1ccnn1Cc1ccccc1. The van der Waals surface area contributed by atoms with E-state index in [9.17, 15) is 4.79 Å². The van der Waals surface area contributed by atoms with E-state index < -0.39 is 0 Å². The second-order valence-corrected chi connectivity index (χ2v) is 4.68. The van der Waals surface area contributed by atoms with Gasteiger partial charge < -0.3 is 5.32 Å². The van der Waals surface area contributed by atoms with Crippen LogP contribution in [0, 0.1) is 0 Å². The van der Waals surface area contributed by atoms with Gasteiger partial charge in [-0.3, -0.25) is 9.48 Å². The minimum Gasteiger partial charge on any atom is -0.321 e. The molecule has 0 aliphatic carbocycles. The Labute approximate surface area is 123 Å². The number of anilines is 1. The number of carbonyl (C=O) groups excluding carboxylic acids is 1. The molecule has 0 bridgehead atoms. The Hall–Kier alpha value is -2.88. The van der Waals surface area contributed by atoms with Crippen LogP contribution in [0.1, 0.15) is 16.1 Å². The Bertz CT molecular complexity index is 720. The zero-order valence-electron chi connectivity index (χ0n) is 11.4. The van der Waals surface area contributed by atoms with Crippen LogP contribution in [0.25, 0.3) is 0 Å². The Morgan fingerprint density at radius 1 is 0.952 bits per heavy atom. The first-order chi connectivity index (χ1) is 10.3. The highest BCUT2D eigenvalue weighted by molar-refractivity contribution is 6.03. The lowest BCUT2D eigenvalue weighted by Gasteiger charge is -2.08. The van der Waals surface area contributed by atoms with Crippen molar-refractivity contribution in [3.63, 3.8) is 0 Å². The highest BCUT2D eigenvalue weighted by atomic mass is 16.2. The predicted molar refractivity (Wildman–Crippen MR) is 82.2 cm³/mol. The Morgan fingerprint density at radius 3 is 2.33 bits per heavy atom. The van der Waals surface area contributed by atoms with Gasteiger partial charge in [-0.05, 0) is 23.8 Å². The van der Waals surface area contributed by atoms with Crippen LogP contribution in [0.3, 0.4) is 0 Å². The standard InChI is InChI=1S/C17H15N3O/c21-17(19-15-9-5-2-6-10-15)16-11-12-18-20(16)13-14-7-3-1-4-8-14/h1-12H,13H2,(H,19,21). The summed E-state index contributed by atoms with van der Waals surface area (Å²) < 4.78 is 1.70. The number of benzene rings is 2. The van der Waals surface area contributed by atoms with Gasteiger partial charge in [-0.25, -0.2) is 0 Å². The molecule has 1 amide bonds. The first-order valence-electron chi connectivity index (χ1n) is 6.75. The van der Waals surface area contributed by atoms with Crippen LogP contribution in [-0.4, -0.2) is 15.7 Å². The minimum absolute atomic E-state index is 0.158. The van der Waals surface area contributed by atoms with Gasteiger partial charge in [0.1, 0.15) is 5.69 Å². The molecule has 3 rings (SSSR count). The molecule has 1 aromatic heterocycles. The van der Waals surface area contributed by atoms with E-state index in [1.54, 1.807) is 16.9 Å². The fourth-order valence-corrected chi connectivity index (χ4v) is 2.12. The maximum atomic E-state index is 12.3. The van der Waals surface area contributed by atoms with Gasteiger partial charge in [-0.1, -0.05) is 48.5 Å². The van der Waals surface area contributed by atoms with Crippen molar-refractivity contribution in [1.82, 2.24) is 9.78 Å². The van der Waals surface area contributed by atoms with E-state index in [4.69, 9.17) is 0 Å². The van der Waals surface area contributed by atoms with Gasteiger partial charge in [-0.15, -0.1) is 0 Å². The van der Waals surface area contributed by atoms with Gasteiger partial charge in [0, 0.05) is 11.9 Å². The Morgan fingerprint density at radius 2 is 1.62 bits per heavy atom. The number of para-hydroxylation sites is 1. The molecule has 0 fully saturated rings. The number of rotatable bonds is 4. The highest BCUT2D eigenvalue weighted by Gasteiger charge is 2.12. The van der Waals surface area contributed by atoms with Gasteiger partial charge in [0.2, 0.25) is 0 Å². The molecule has 3 aromatic rings. The second kappa shape index (κ2) is 6.05. The lowest BCUT2D eigenvalue weighted by atomic mass is 10.2. The molecule has 1 N–H and O–H groups in total. The highest BCUT2D eigenvalue weighted by Crippen LogP contribution is 2.10. The van der Waals surface area contributed by atoms with Crippen LogP contribution in [0.5, 0.6) is 0 Å². The third-order valence-electron chi connectivity index (χ3n) is 3.16.